The van der Waals surface area contributed by atoms with Crippen LogP contribution >= 0.6 is 15.9 Å². The zero-order chi connectivity index (χ0) is 23.8. The van der Waals surface area contributed by atoms with E-state index >= 15 is 0 Å². The first-order chi connectivity index (χ1) is 16.4. The summed E-state index contributed by atoms with van der Waals surface area (Å²) in [5.74, 6) is 0.459. The molecule has 1 amide bonds. The molecule has 1 fully saturated rings. The summed E-state index contributed by atoms with van der Waals surface area (Å²) in [5.41, 5.74) is 4.23. The molecule has 0 radical (unpaired) electrons. The third-order valence-corrected chi connectivity index (χ3v) is 6.76. The summed E-state index contributed by atoms with van der Waals surface area (Å²) in [6.45, 7) is 6.35. The first-order valence-corrected chi connectivity index (χ1v) is 11.9. The molecule has 8 heteroatoms. The van der Waals surface area contributed by atoms with Crippen LogP contribution in [0.2, 0.25) is 0 Å². The summed E-state index contributed by atoms with van der Waals surface area (Å²) in [6, 6.07) is 17.1. The van der Waals surface area contributed by atoms with Crippen molar-refractivity contribution >= 4 is 38.6 Å². The van der Waals surface area contributed by atoms with Gasteiger partial charge in [-0.15, -0.1) is 10.2 Å². The van der Waals surface area contributed by atoms with Crippen molar-refractivity contribution in [2.45, 2.75) is 13.8 Å². The fourth-order valence-electron chi connectivity index (χ4n) is 4.10. The molecule has 0 bridgehead atoms. The molecule has 0 N–H and O–H groups in total. The minimum atomic E-state index is -0.616. The Labute approximate surface area is 205 Å². The molecule has 1 saturated heterocycles. The van der Waals surface area contributed by atoms with E-state index in [9.17, 15) is 9.59 Å². The summed E-state index contributed by atoms with van der Waals surface area (Å²) >= 11 is 3.41. The van der Waals surface area contributed by atoms with E-state index in [1.165, 1.54) is 11.1 Å². The maximum Gasteiger partial charge on any atom is 0.349 e. The van der Waals surface area contributed by atoms with Crippen LogP contribution < -0.4 is 10.5 Å². The molecule has 0 unspecified atom stereocenters. The average Bonchev–Trinajstić information content (AvgIpc) is 2.85. The Hall–Kier alpha value is -3.52. The first-order valence-electron chi connectivity index (χ1n) is 11.1. The molecule has 5 rings (SSSR count). The van der Waals surface area contributed by atoms with Crippen LogP contribution in [0.1, 0.15) is 21.5 Å². The van der Waals surface area contributed by atoms with E-state index in [0.717, 1.165) is 21.5 Å². The molecular weight excluding hydrogens is 496 g/mol. The maximum atomic E-state index is 13.1. The monoisotopic (exact) mass is 518 g/mol. The maximum absolute atomic E-state index is 13.1. The van der Waals surface area contributed by atoms with Gasteiger partial charge >= 0.3 is 5.63 Å². The number of piperazine rings is 1. The molecular formula is C26H23BrN4O3. The lowest BCUT2D eigenvalue weighted by molar-refractivity contribution is 0.0742. The van der Waals surface area contributed by atoms with Crippen LogP contribution in [-0.4, -0.2) is 47.2 Å². The SMILES string of the molecule is Cc1ccc(-c2ccc(N3CCN(C(=O)c4cc5cc(Br)ccc5oc4=O)CC3)nn2)cc1C. The Morgan fingerprint density at radius 1 is 0.912 bits per heavy atom. The van der Waals surface area contributed by atoms with Crippen molar-refractivity contribution in [1.29, 1.82) is 0 Å². The number of hydrogen-bond acceptors (Lipinski definition) is 6. The standard InChI is InChI=1S/C26H23BrN4O3/c1-16-3-4-18(13-17(16)2)22-6-8-24(29-28-22)30-9-11-31(12-10-30)25(32)21-15-19-14-20(27)5-7-23(19)34-26(21)33/h3-8,13-15H,9-12H2,1-2H3. The Morgan fingerprint density at radius 2 is 1.71 bits per heavy atom. The van der Waals surface area contributed by atoms with E-state index < -0.39 is 5.63 Å². The van der Waals surface area contributed by atoms with Crippen molar-refractivity contribution in [3.05, 3.63) is 86.2 Å². The summed E-state index contributed by atoms with van der Waals surface area (Å²) < 4.78 is 6.21. The number of aromatic nitrogens is 2. The topological polar surface area (TPSA) is 79.5 Å². The third-order valence-electron chi connectivity index (χ3n) is 6.27. The molecule has 0 saturated carbocycles. The number of fused-ring (bicyclic) bond motifs is 1. The highest BCUT2D eigenvalue weighted by Crippen LogP contribution is 2.23. The average molecular weight is 519 g/mol. The Bertz CT molecular complexity index is 1440. The van der Waals surface area contributed by atoms with E-state index in [0.29, 0.717) is 37.1 Å². The zero-order valence-electron chi connectivity index (χ0n) is 18.9. The molecule has 172 valence electrons. The molecule has 0 atom stereocenters. The highest BCUT2D eigenvalue weighted by atomic mass is 79.9. The van der Waals surface area contributed by atoms with Crippen molar-refractivity contribution in [3.63, 3.8) is 0 Å². The fourth-order valence-corrected chi connectivity index (χ4v) is 4.48. The van der Waals surface area contributed by atoms with Crippen molar-refractivity contribution in [2.75, 3.05) is 31.1 Å². The van der Waals surface area contributed by atoms with Crippen LogP contribution in [0, 0.1) is 13.8 Å². The number of anilines is 1. The molecule has 7 nitrogen and oxygen atoms in total. The molecule has 3 heterocycles. The number of carbonyl (C=O) groups is 1. The largest absolute Gasteiger partial charge is 0.422 e. The number of carbonyl (C=O) groups excluding carboxylic acids is 1. The molecule has 34 heavy (non-hydrogen) atoms. The zero-order valence-corrected chi connectivity index (χ0v) is 20.5. The number of aryl methyl sites for hydroxylation is 2. The predicted octanol–water partition coefficient (Wildman–Crippen LogP) is 4.59. The van der Waals surface area contributed by atoms with Crippen molar-refractivity contribution in [3.8, 4) is 11.3 Å². The Kier molecular flexibility index (Phi) is 5.91. The lowest BCUT2D eigenvalue weighted by Gasteiger charge is -2.35. The number of amides is 1. The van der Waals surface area contributed by atoms with E-state index in [1.54, 1.807) is 23.1 Å². The van der Waals surface area contributed by atoms with Gasteiger partial charge in [-0.1, -0.05) is 28.1 Å². The third kappa shape index (κ3) is 4.33. The van der Waals surface area contributed by atoms with E-state index in [2.05, 4.69) is 63.1 Å². The Morgan fingerprint density at radius 3 is 2.41 bits per heavy atom. The lowest BCUT2D eigenvalue weighted by atomic mass is 10.0. The lowest BCUT2D eigenvalue weighted by Crippen LogP contribution is -2.49. The van der Waals surface area contributed by atoms with Crippen LogP contribution in [0.5, 0.6) is 0 Å². The van der Waals surface area contributed by atoms with Gasteiger partial charge < -0.3 is 14.2 Å². The van der Waals surface area contributed by atoms with Gasteiger partial charge in [0.25, 0.3) is 5.91 Å². The molecule has 0 aliphatic carbocycles. The minimum Gasteiger partial charge on any atom is -0.422 e. The van der Waals surface area contributed by atoms with Crippen molar-refractivity contribution < 1.29 is 9.21 Å². The van der Waals surface area contributed by atoms with Crippen molar-refractivity contribution in [2.24, 2.45) is 0 Å². The van der Waals surface area contributed by atoms with Gasteiger partial charge in [0.05, 0.1) is 5.69 Å². The van der Waals surface area contributed by atoms with Gasteiger partial charge in [-0.2, -0.15) is 0 Å². The summed E-state index contributed by atoms with van der Waals surface area (Å²) in [6.07, 6.45) is 0. The summed E-state index contributed by atoms with van der Waals surface area (Å²) in [5, 5.41) is 9.54. The van der Waals surface area contributed by atoms with Crippen molar-refractivity contribution in [1.82, 2.24) is 15.1 Å². The number of nitrogens with zero attached hydrogens (tertiary/aromatic N) is 4. The van der Waals surface area contributed by atoms with Crippen LogP contribution in [-0.2, 0) is 0 Å². The van der Waals surface area contributed by atoms with Gasteiger partial charge in [0.15, 0.2) is 5.82 Å². The van der Waals surface area contributed by atoms with Crippen LogP contribution in [0.4, 0.5) is 5.82 Å². The van der Waals surface area contributed by atoms with E-state index in [-0.39, 0.29) is 11.5 Å². The normalized spacial score (nSPS) is 14.0. The quantitative estimate of drug-likeness (QED) is 0.369. The predicted molar refractivity (Wildman–Crippen MR) is 135 cm³/mol. The molecule has 1 aliphatic rings. The van der Waals surface area contributed by atoms with Gasteiger partial charge in [-0.25, -0.2) is 4.79 Å². The van der Waals surface area contributed by atoms with Crippen LogP contribution in [0.25, 0.3) is 22.2 Å². The summed E-state index contributed by atoms with van der Waals surface area (Å²) in [4.78, 5) is 29.3. The minimum absolute atomic E-state index is 0.0524. The smallest absolute Gasteiger partial charge is 0.349 e. The number of hydrogen-bond donors (Lipinski definition) is 0. The van der Waals surface area contributed by atoms with Gasteiger partial charge in [-0.05, 0) is 67.4 Å². The van der Waals surface area contributed by atoms with Crippen LogP contribution in [0.15, 0.2) is 68.3 Å². The molecule has 2 aromatic carbocycles. The van der Waals surface area contributed by atoms with E-state index in [1.807, 2.05) is 18.2 Å². The number of rotatable bonds is 3. The number of benzene rings is 2. The first kappa shape index (κ1) is 22.3. The van der Waals surface area contributed by atoms with E-state index in [4.69, 9.17) is 4.42 Å². The van der Waals surface area contributed by atoms with Gasteiger partial charge in [0.1, 0.15) is 11.1 Å². The van der Waals surface area contributed by atoms with Gasteiger partial charge in [0.2, 0.25) is 0 Å². The molecule has 2 aromatic heterocycles. The molecule has 4 aromatic rings. The van der Waals surface area contributed by atoms with Crippen LogP contribution in [0.3, 0.4) is 0 Å². The molecule has 0 spiro atoms. The second kappa shape index (κ2) is 9.02. The van der Waals surface area contributed by atoms with Gasteiger partial charge in [0, 0.05) is 41.6 Å². The second-order valence-corrected chi connectivity index (χ2v) is 9.40. The molecule has 1 aliphatic heterocycles. The fraction of sp³-hybridized carbons (Fsp3) is 0.231. The summed E-state index contributed by atoms with van der Waals surface area (Å²) in [7, 11) is 0. The highest BCUT2D eigenvalue weighted by molar-refractivity contribution is 9.10. The highest BCUT2D eigenvalue weighted by Gasteiger charge is 2.25. The van der Waals surface area contributed by atoms with Gasteiger partial charge in [-0.3, -0.25) is 4.79 Å². The number of halogens is 1. The Balaban J connectivity index is 1.28. The second-order valence-electron chi connectivity index (χ2n) is 8.48.